The van der Waals surface area contributed by atoms with E-state index >= 15 is 0 Å². The Hall–Kier alpha value is -3.54. The second-order valence-electron chi connectivity index (χ2n) is 9.03. The van der Waals surface area contributed by atoms with Crippen molar-refractivity contribution in [3.8, 4) is 28.3 Å². The molecule has 2 unspecified atom stereocenters. The first-order valence-corrected chi connectivity index (χ1v) is 12.1. The number of rotatable bonds is 3. The van der Waals surface area contributed by atoms with Gasteiger partial charge < -0.3 is 19.6 Å². The zero-order valence-corrected chi connectivity index (χ0v) is 19.2. The molecule has 1 saturated heterocycles. The number of nitrogens with zero attached hydrogens (tertiary/aromatic N) is 2. The molecule has 0 radical (unpaired) electrons. The Morgan fingerprint density at radius 3 is 2.76 bits per heavy atom. The molecule has 0 aliphatic carbocycles. The maximum Gasteiger partial charge on any atom is 0.203 e. The van der Waals surface area contributed by atoms with Crippen LogP contribution in [0.5, 0.6) is 5.75 Å². The minimum atomic E-state index is -0.266. The van der Waals surface area contributed by atoms with Gasteiger partial charge in [-0.2, -0.15) is 0 Å². The summed E-state index contributed by atoms with van der Waals surface area (Å²) in [5.41, 5.74) is 6.47. The van der Waals surface area contributed by atoms with Crippen LogP contribution in [0, 0.1) is 0 Å². The number of fused-ring (bicyclic) bond motifs is 5. The standard InChI is InChI=1S/C28H23ClN4O/c29-20-9-11-24-19(13-20)14-25-21-10-8-18(23-16-31-27(32-23)22-7-4-12-30-22)15-26(21)34-28(33(24)25)17-5-2-1-3-6-17/h1-3,5-6,8-11,13-16,22,28,30H,4,7,12H2,(H,31,32). The van der Waals surface area contributed by atoms with Gasteiger partial charge in [0.2, 0.25) is 6.23 Å². The molecule has 0 saturated carbocycles. The molecule has 5 aromatic rings. The summed E-state index contributed by atoms with van der Waals surface area (Å²) >= 11 is 6.32. The van der Waals surface area contributed by atoms with Gasteiger partial charge in [0.1, 0.15) is 11.6 Å². The summed E-state index contributed by atoms with van der Waals surface area (Å²) in [5, 5.41) is 5.34. The topological polar surface area (TPSA) is 54.9 Å². The van der Waals surface area contributed by atoms with Gasteiger partial charge in [0, 0.05) is 27.1 Å². The van der Waals surface area contributed by atoms with Crippen molar-refractivity contribution in [3.05, 3.63) is 95.4 Å². The molecule has 2 aliphatic rings. The first kappa shape index (κ1) is 19.9. The van der Waals surface area contributed by atoms with Gasteiger partial charge in [0.15, 0.2) is 0 Å². The van der Waals surface area contributed by atoms with Gasteiger partial charge in [-0.15, -0.1) is 0 Å². The smallest absolute Gasteiger partial charge is 0.203 e. The number of H-pyrrole nitrogens is 1. The van der Waals surface area contributed by atoms with Crippen molar-refractivity contribution < 1.29 is 4.74 Å². The van der Waals surface area contributed by atoms with Crippen molar-refractivity contribution in [3.63, 3.8) is 0 Å². The lowest BCUT2D eigenvalue weighted by molar-refractivity contribution is 0.173. The number of hydrogen-bond acceptors (Lipinski definition) is 3. The number of benzene rings is 3. The minimum Gasteiger partial charge on any atom is -0.465 e. The van der Waals surface area contributed by atoms with Crippen LogP contribution in [0.4, 0.5) is 0 Å². The fourth-order valence-electron chi connectivity index (χ4n) is 5.25. The first-order valence-electron chi connectivity index (χ1n) is 11.7. The van der Waals surface area contributed by atoms with Gasteiger partial charge in [-0.25, -0.2) is 4.98 Å². The molecular formula is C28H23ClN4O. The van der Waals surface area contributed by atoms with Crippen molar-refractivity contribution in [2.24, 2.45) is 0 Å². The SMILES string of the molecule is Clc1ccc2c(c1)cc1n2C(c2ccccc2)Oc2cc(-c3cnc(C4CCCN4)[nH]3)ccc2-1. The number of aromatic nitrogens is 3. The molecule has 1 fully saturated rings. The van der Waals surface area contributed by atoms with E-state index in [2.05, 4.69) is 74.4 Å². The summed E-state index contributed by atoms with van der Waals surface area (Å²) in [6.07, 6.45) is 3.96. The van der Waals surface area contributed by atoms with E-state index in [1.54, 1.807) is 0 Å². The molecule has 2 aliphatic heterocycles. The molecule has 4 heterocycles. The largest absolute Gasteiger partial charge is 0.465 e. The third-order valence-corrected chi connectivity index (χ3v) is 7.15. The molecule has 2 aromatic heterocycles. The first-order chi connectivity index (χ1) is 16.7. The molecule has 7 rings (SSSR count). The van der Waals surface area contributed by atoms with E-state index in [9.17, 15) is 0 Å². The molecule has 2 N–H and O–H groups in total. The van der Waals surface area contributed by atoms with Crippen LogP contribution in [-0.4, -0.2) is 21.1 Å². The lowest BCUT2D eigenvalue weighted by Gasteiger charge is -2.30. The predicted molar refractivity (Wildman–Crippen MR) is 135 cm³/mol. The van der Waals surface area contributed by atoms with Crippen molar-refractivity contribution in [1.29, 1.82) is 0 Å². The van der Waals surface area contributed by atoms with E-state index in [4.69, 9.17) is 16.3 Å². The normalized spacial score (nSPS) is 19.1. The molecule has 0 amide bonds. The number of hydrogen-bond donors (Lipinski definition) is 2. The molecule has 34 heavy (non-hydrogen) atoms. The highest BCUT2D eigenvalue weighted by Crippen LogP contribution is 2.45. The van der Waals surface area contributed by atoms with Crippen LogP contribution in [0.25, 0.3) is 33.4 Å². The van der Waals surface area contributed by atoms with Crippen LogP contribution in [0.2, 0.25) is 5.02 Å². The zero-order valence-electron chi connectivity index (χ0n) is 18.5. The van der Waals surface area contributed by atoms with E-state index in [1.807, 2.05) is 24.4 Å². The molecule has 2 atom stereocenters. The van der Waals surface area contributed by atoms with Crippen LogP contribution in [0.1, 0.15) is 36.5 Å². The molecule has 0 bridgehead atoms. The van der Waals surface area contributed by atoms with Crippen LogP contribution in [0.3, 0.4) is 0 Å². The summed E-state index contributed by atoms with van der Waals surface area (Å²) < 4.78 is 8.96. The lowest BCUT2D eigenvalue weighted by atomic mass is 10.0. The van der Waals surface area contributed by atoms with Crippen molar-refractivity contribution in [1.82, 2.24) is 19.9 Å². The maximum absolute atomic E-state index is 6.69. The molecule has 3 aromatic carbocycles. The molecule has 0 spiro atoms. The van der Waals surface area contributed by atoms with Crippen LogP contribution in [-0.2, 0) is 0 Å². The Kier molecular flexibility index (Phi) is 4.54. The number of imidazole rings is 1. The molecular weight excluding hydrogens is 444 g/mol. The van der Waals surface area contributed by atoms with Crippen molar-refractivity contribution >= 4 is 22.5 Å². The molecule has 168 valence electrons. The van der Waals surface area contributed by atoms with Gasteiger partial charge in [-0.3, -0.25) is 0 Å². The Morgan fingerprint density at radius 1 is 1.00 bits per heavy atom. The molecule has 5 nitrogen and oxygen atoms in total. The average Bonchev–Trinajstić information content (AvgIpc) is 3.63. The highest BCUT2D eigenvalue weighted by atomic mass is 35.5. The summed E-state index contributed by atoms with van der Waals surface area (Å²) in [6, 6.07) is 25.3. The van der Waals surface area contributed by atoms with E-state index in [-0.39, 0.29) is 6.23 Å². The van der Waals surface area contributed by atoms with Gasteiger partial charge in [-0.1, -0.05) is 48.0 Å². The highest BCUT2D eigenvalue weighted by molar-refractivity contribution is 6.31. The number of halogens is 1. The van der Waals surface area contributed by atoms with Crippen molar-refractivity contribution in [2.75, 3.05) is 6.54 Å². The summed E-state index contributed by atoms with van der Waals surface area (Å²) in [7, 11) is 0. The van der Waals surface area contributed by atoms with Gasteiger partial charge in [0.25, 0.3) is 0 Å². The number of nitrogens with one attached hydrogen (secondary N) is 2. The fourth-order valence-corrected chi connectivity index (χ4v) is 5.43. The van der Waals surface area contributed by atoms with E-state index in [0.29, 0.717) is 6.04 Å². The Balaban J connectivity index is 1.36. The van der Waals surface area contributed by atoms with Crippen LogP contribution in [0.15, 0.2) is 79.0 Å². The predicted octanol–water partition coefficient (Wildman–Crippen LogP) is 6.72. The lowest BCUT2D eigenvalue weighted by Crippen LogP contribution is -2.22. The quantitative estimate of drug-likeness (QED) is 0.310. The van der Waals surface area contributed by atoms with E-state index < -0.39 is 0 Å². The highest BCUT2D eigenvalue weighted by Gasteiger charge is 2.29. The van der Waals surface area contributed by atoms with Crippen LogP contribution < -0.4 is 10.1 Å². The van der Waals surface area contributed by atoms with Gasteiger partial charge in [0.05, 0.1) is 29.1 Å². The summed E-state index contributed by atoms with van der Waals surface area (Å²) in [4.78, 5) is 8.17. The maximum atomic E-state index is 6.69. The third kappa shape index (κ3) is 3.16. The zero-order chi connectivity index (χ0) is 22.6. The minimum absolute atomic E-state index is 0.266. The summed E-state index contributed by atoms with van der Waals surface area (Å²) in [5.74, 6) is 1.87. The second-order valence-corrected chi connectivity index (χ2v) is 9.46. The number of ether oxygens (including phenoxy) is 1. The summed E-state index contributed by atoms with van der Waals surface area (Å²) in [6.45, 7) is 1.05. The second kappa shape index (κ2) is 7.76. The monoisotopic (exact) mass is 466 g/mol. The van der Waals surface area contributed by atoms with Crippen molar-refractivity contribution in [2.45, 2.75) is 25.1 Å². The Labute approximate surface area is 202 Å². The molecule has 6 heteroatoms. The average molecular weight is 467 g/mol. The Bertz CT molecular complexity index is 1510. The van der Waals surface area contributed by atoms with E-state index in [0.717, 1.165) is 68.5 Å². The Morgan fingerprint density at radius 2 is 1.91 bits per heavy atom. The number of aromatic amines is 1. The third-order valence-electron chi connectivity index (χ3n) is 6.91. The van der Waals surface area contributed by atoms with Crippen LogP contribution >= 0.6 is 11.6 Å². The van der Waals surface area contributed by atoms with Gasteiger partial charge >= 0.3 is 0 Å². The van der Waals surface area contributed by atoms with Gasteiger partial charge in [-0.05, 0) is 55.8 Å². The fraction of sp³-hybridized carbons (Fsp3) is 0.179. The van der Waals surface area contributed by atoms with E-state index in [1.165, 1.54) is 6.42 Å².